The Morgan fingerprint density at radius 2 is 2.30 bits per heavy atom. The van der Waals surface area contributed by atoms with Crippen molar-refractivity contribution in [3.8, 4) is 0 Å². The van der Waals surface area contributed by atoms with Gasteiger partial charge in [-0.25, -0.2) is 0 Å². The van der Waals surface area contributed by atoms with Crippen molar-refractivity contribution < 1.29 is 14.9 Å². The van der Waals surface area contributed by atoms with Gasteiger partial charge in [0.05, 0.1) is 24.6 Å². The molecule has 1 aliphatic rings. The van der Waals surface area contributed by atoms with Crippen LogP contribution in [0.25, 0.3) is 0 Å². The smallest absolute Gasteiger partial charge is 0.140 e. The lowest BCUT2D eigenvalue weighted by molar-refractivity contribution is -0.0773. The van der Waals surface area contributed by atoms with E-state index in [-0.39, 0.29) is 11.8 Å². The number of unbranched alkanes of at least 4 members (excludes halogenated alkanes) is 2. The first-order chi connectivity index (χ1) is 9.54. The summed E-state index contributed by atoms with van der Waals surface area (Å²) in [7, 11) is 0. The Hall–Kier alpha value is -1.33. The van der Waals surface area contributed by atoms with Gasteiger partial charge in [0.1, 0.15) is 11.9 Å². The summed E-state index contributed by atoms with van der Waals surface area (Å²) in [5.74, 6) is 0.661. The van der Waals surface area contributed by atoms with E-state index in [9.17, 15) is 10.2 Å². The molecule has 0 aliphatic carbocycles. The van der Waals surface area contributed by atoms with Crippen molar-refractivity contribution in [3.05, 3.63) is 24.6 Å². The molecule has 0 unspecified atom stereocenters. The summed E-state index contributed by atoms with van der Waals surface area (Å²) in [6, 6.07) is -0.0999. The molecule has 0 aromatic carbocycles. The second-order valence-corrected chi connectivity index (χ2v) is 5.11. The van der Waals surface area contributed by atoms with Crippen LogP contribution in [0.3, 0.4) is 0 Å². The van der Waals surface area contributed by atoms with Crippen LogP contribution in [0.2, 0.25) is 0 Å². The van der Waals surface area contributed by atoms with E-state index < -0.39 is 12.2 Å². The number of hydrogen-bond acceptors (Lipinski definition) is 4. The minimum atomic E-state index is -0.761. The summed E-state index contributed by atoms with van der Waals surface area (Å²) in [4.78, 5) is 4.46. The van der Waals surface area contributed by atoms with E-state index >= 15 is 0 Å². The Labute approximate surface area is 121 Å². The normalized spacial score (nSPS) is 27.8. The fraction of sp³-hybridized carbons (Fsp3) is 0.667. The molecule has 5 nitrogen and oxygen atoms in total. The van der Waals surface area contributed by atoms with Crippen LogP contribution in [0.5, 0.6) is 0 Å². The number of nitrogens with one attached hydrogen (secondary N) is 1. The van der Waals surface area contributed by atoms with E-state index in [1.54, 1.807) is 0 Å². The molecule has 20 heavy (non-hydrogen) atoms. The molecule has 1 aliphatic heterocycles. The van der Waals surface area contributed by atoms with Crippen molar-refractivity contribution in [2.24, 2.45) is 4.99 Å². The van der Waals surface area contributed by atoms with E-state index in [0.717, 1.165) is 12.3 Å². The van der Waals surface area contributed by atoms with Gasteiger partial charge in [-0.2, -0.15) is 0 Å². The first kappa shape index (κ1) is 16.7. The molecule has 0 bridgehead atoms. The Bertz CT molecular complexity index is 366. The zero-order valence-electron chi connectivity index (χ0n) is 12.4. The minimum Gasteiger partial charge on any atom is -0.510 e. The second-order valence-electron chi connectivity index (χ2n) is 5.11. The fourth-order valence-corrected chi connectivity index (χ4v) is 2.10. The molecule has 0 spiro atoms. The Morgan fingerprint density at radius 1 is 1.55 bits per heavy atom. The van der Waals surface area contributed by atoms with Crippen LogP contribution in [0.15, 0.2) is 29.6 Å². The van der Waals surface area contributed by atoms with Gasteiger partial charge in [-0.15, -0.1) is 0 Å². The average Bonchev–Trinajstić information content (AvgIpc) is 2.38. The van der Waals surface area contributed by atoms with Crippen LogP contribution < -0.4 is 5.32 Å². The second kappa shape index (κ2) is 8.76. The molecule has 5 heteroatoms. The maximum atomic E-state index is 9.85. The monoisotopic (exact) mass is 282 g/mol. The highest BCUT2D eigenvalue weighted by Crippen LogP contribution is 2.20. The molecule has 1 saturated heterocycles. The van der Waals surface area contributed by atoms with Crippen LogP contribution in [0.4, 0.5) is 0 Å². The number of aliphatic imine (C=N–C) groups is 1. The first-order valence-corrected chi connectivity index (χ1v) is 7.18. The lowest BCUT2D eigenvalue weighted by Gasteiger charge is -2.31. The van der Waals surface area contributed by atoms with E-state index in [1.165, 1.54) is 12.8 Å². The topological polar surface area (TPSA) is 74.1 Å². The van der Waals surface area contributed by atoms with Gasteiger partial charge in [0, 0.05) is 6.42 Å². The van der Waals surface area contributed by atoms with Crippen molar-refractivity contribution >= 4 is 5.84 Å². The van der Waals surface area contributed by atoms with Gasteiger partial charge in [-0.1, -0.05) is 32.4 Å². The zero-order valence-corrected chi connectivity index (χ0v) is 12.4. The van der Waals surface area contributed by atoms with Gasteiger partial charge >= 0.3 is 0 Å². The molecule has 0 aromatic heterocycles. The van der Waals surface area contributed by atoms with Gasteiger partial charge in [0.25, 0.3) is 0 Å². The average molecular weight is 282 g/mol. The summed E-state index contributed by atoms with van der Waals surface area (Å²) >= 11 is 0. The molecular weight excluding hydrogens is 256 g/mol. The lowest BCUT2D eigenvalue weighted by Crippen LogP contribution is -2.41. The van der Waals surface area contributed by atoms with Crippen molar-refractivity contribution in [1.82, 2.24) is 5.32 Å². The zero-order chi connectivity index (χ0) is 15.0. The third-order valence-electron chi connectivity index (χ3n) is 3.17. The fourth-order valence-electron chi connectivity index (χ4n) is 2.10. The highest BCUT2D eigenvalue weighted by atomic mass is 16.5. The van der Waals surface area contributed by atoms with Crippen molar-refractivity contribution in [2.45, 2.75) is 57.8 Å². The quantitative estimate of drug-likeness (QED) is 0.302. The van der Waals surface area contributed by atoms with Crippen LogP contribution in [0, 0.1) is 0 Å². The summed E-state index contributed by atoms with van der Waals surface area (Å²) in [6.45, 7) is 7.81. The third-order valence-corrected chi connectivity index (χ3v) is 3.17. The van der Waals surface area contributed by atoms with Gasteiger partial charge in [0.2, 0.25) is 0 Å². The summed E-state index contributed by atoms with van der Waals surface area (Å²) in [5.41, 5.74) is 0. The molecule has 3 atom stereocenters. The highest BCUT2D eigenvalue weighted by Gasteiger charge is 2.31. The number of hydrogen-bond donors (Lipinski definition) is 3. The van der Waals surface area contributed by atoms with Crippen LogP contribution in [0.1, 0.15) is 39.5 Å². The number of amidine groups is 1. The number of rotatable bonds is 6. The Morgan fingerprint density at radius 3 is 2.90 bits per heavy atom. The van der Waals surface area contributed by atoms with Crippen molar-refractivity contribution in [2.75, 3.05) is 6.61 Å². The highest BCUT2D eigenvalue weighted by molar-refractivity contribution is 5.80. The van der Waals surface area contributed by atoms with Crippen molar-refractivity contribution in [3.63, 3.8) is 0 Å². The molecular formula is C15H26N2O3. The Balaban J connectivity index is 2.38. The number of nitrogens with zero attached hydrogens (tertiary/aromatic N) is 1. The van der Waals surface area contributed by atoms with Gasteiger partial charge in [-0.05, 0) is 19.5 Å². The predicted octanol–water partition coefficient (Wildman–Crippen LogP) is 2.29. The van der Waals surface area contributed by atoms with E-state index in [1.807, 2.05) is 13.1 Å². The number of ether oxygens (including phenoxy) is 1. The molecule has 3 N–H and O–H groups in total. The van der Waals surface area contributed by atoms with E-state index in [2.05, 4.69) is 29.9 Å². The molecule has 0 radical (unpaired) electrons. The molecule has 1 rings (SSSR count). The van der Waals surface area contributed by atoms with E-state index in [4.69, 9.17) is 4.74 Å². The number of aliphatic hydroxyl groups is 2. The standard InChI is InChI=1S/C15H26N2O3/c1-4-5-6-7-8-16-12(3)17-13-9-14(19)15(11(2)18)20-10-13/h7-8,13-15,18-19H,2,4-6,9-10H2,1,3H3,(H,16,17)/b8-7-/t13-,14-,15-/m1/s1. The molecule has 0 aromatic rings. The molecule has 1 heterocycles. The number of allylic oxidation sites excluding steroid dienone is 1. The molecule has 1 fully saturated rings. The third kappa shape index (κ3) is 5.75. The van der Waals surface area contributed by atoms with Gasteiger partial charge < -0.3 is 20.3 Å². The van der Waals surface area contributed by atoms with Gasteiger partial charge in [0.15, 0.2) is 0 Å². The maximum absolute atomic E-state index is 9.85. The van der Waals surface area contributed by atoms with Gasteiger partial charge in [-0.3, -0.25) is 4.99 Å². The maximum Gasteiger partial charge on any atom is 0.140 e. The van der Waals surface area contributed by atoms with E-state index in [0.29, 0.717) is 13.0 Å². The molecule has 0 amide bonds. The number of aliphatic hydroxyl groups excluding tert-OH is 2. The van der Waals surface area contributed by atoms with Crippen LogP contribution in [-0.4, -0.2) is 40.9 Å². The van der Waals surface area contributed by atoms with Crippen LogP contribution >= 0.6 is 0 Å². The van der Waals surface area contributed by atoms with Crippen LogP contribution in [-0.2, 0) is 4.74 Å². The lowest BCUT2D eigenvalue weighted by atomic mass is 10.0. The minimum absolute atomic E-state index is 0.0999. The predicted molar refractivity (Wildman–Crippen MR) is 80.8 cm³/mol. The van der Waals surface area contributed by atoms with Crippen molar-refractivity contribution in [1.29, 1.82) is 0 Å². The summed E-state index contributed by atoms with van der Waals surface area (Å²) in [5, 5.41) is 22.2. The molecule has 114 valence electrons. The SMILES string of the molecule is C=C(O)[C@H]1OC[C@H](N=C(C)N/C=C\CCCC)C[C@H]1O. The summed E-state index contributed by atoms with van der Waals surface area (Å²) in [6.07, 6.45) is 6.42. The summed E-state index contributed by atoms with van der Waals surface area (Å²) < 4.78 is 5.37. The largest absolute Gasteiger partial charge is 0.510 e. The molecule has 0 saturated carbocycles. The first-order valence-electron chi connectivity index (χ1n) is 7.18. The Kier molecular flexibility index (Phi) is 7.33.